The molecule has 0 N–H and O–H groups in total. The van der Waals surface area contributed by atoms with E-state index in [1.807, 2.05) is 48.7 Å². The van der Waals surface area contributed by atoms with Crippen LogP contribution in [0.4, 0.5) is 0 Å². The Morgan fingerprint density at radius 3 is 1.96 bits per heavy atom. The maximum Gasteiger partial charge on any atom is 0.0991 e. The second kappa shape index (κ2) is 6.77. The van der Waals surface area contributed by atoms with Gasteiger partial charge >= 0.3 is 0 Å². The minimum absolute atomic E-state index is 0.206. The Morgan fingerprint density at radius 2 is 1.38 bits per heavy atom. The van der Waals surface area contributed by atoms with Gasteiger partial charge in [0.15, 0.2) is 0 Å². The number of pyridine rings is 1. The van der Waals surface area contributed by atoms with Crippen molar-refractivity contribution in [1.29, 1.82) is 10.5 Å². The highest BCUT2D eigenvalue weighted by Gasteiger charge is 2.10. The van der Waals surface area contributed by atoms with Crippen LogP contribution < -0.4 is 0 Å². The Bertz CT molecular complexity index is 927. The molecule has 0 radical (unpaired) electrons. The summed E-state index contributed by atoms with van der Waals surface area (Å²) in [6, 6.07) is 23.4. The summed E-state index contributed by atoms with van der Waals surface area (Å²) >= 11 is 0. The van der Waals surface area contributed by atoms with Crippen LogP contribution in [0.5, 0.6) is 0 Å². The Morgan fingerprint density at radius 1 is 0.792 bits per heavy atom. The summed E-state index contributed by atoms with van der Waals surface area (Å²) in [5, 5.41) is 17.8. The monoisotopic (exact) mass is 309 g/mol. The summed E-state index contributed by atoms with van der Waals surface area (Å²) in [5.74, 6) is 0.206. The molecule has 1 unspecified atom stereocenters. The first-order valence-corrected chi connectivity index (χ1v) is 7.68. The summed E-state index contributed by atoms with van der Waals surface area (Å²) in [7, 11) is 0. The van der Waals surface area contributed by atoms with E-state index in [1.165, 1.54) is 0 Å². The molecule has 0 amide bonds. The summed E-state index contributed by atoms with van der Waals surface area (Å²) in [4.78, 5) is 4.44. The molecule has 1 heterocycles. The lowest BCUT2D eigenvalue weighted by Crippen LogP contribution is -1.97. The summed E-state index contributed by atoms with van der Waals surface area (Å²) in [6.07, 6.45) is 1.81. The number of nitrogens with zero attached hydrogens (tertiary/aromatic N) is 3. The largest absolute Gasteiger partial charge is 0.256 e. The molecule has 1 aromatic heterocycles. The van der Waals surface area contributed by atoms with Crippen LogP contribution in [0.1, 0.15) is 35.1 Å². The third kappa shape index (κ3) is 3.16. The van der Waals surface area contributed by atoms with E-state index in [2.05, 4.69) is 30.1 Å². The fourth-order valence-corrected chi connectivity index (χ4v) is 2.63. The van der Waals surface area contributed by atoms with Crippen molar-refractivity contribution in [3.05, 3.63) is 89.1 Å². The molecule has 3 rings (SSSR count). The molecule has 3 heteroatoms. The molecular formula is C21H15N3. The van der Waals surface area contributed by atoms with Gasteiger partial charge in [-0.25, -0.2) is 0 Å². The van der Waals surface area contributed by atoms with E-state index in [4.69, 9.17) is 10.5 Å². The normalized spacial score (nSPS) is 11.3. The molecule has 0 fully saturated rings. The second-order valence-electron chi connectivity index (χ2n) is 5.62. The maximum atomic E-state index is 8.91. The third-order valence-corrected chi connectivity index (χ3v) is 4.13. The summed E-state index contributed by atoms with van der Waals surface area (Å²) in [6.45, 7) is 2.14. The number of hydrogen-bond donors (Lipinski definition) is 0. The summed E-state index contributed by atoms with van der Waals surface area (Å²) < 4.78 is 0. The smallest absolute Gasteiger partial charge is 0.0991 e. The predicted molar refractivity (Wildman–Crippen MR) is 93.1 cm³/mol. The van der Waals surface area contributed by atoms with Gasteiger partial charge in [-0.1, -0.05) is 31.2 Å². The van der Waals surface area contributed by atoms with Crippen molar-refractivity contribution >= 4 is 0 Å². The first kappa shape index (κ1) is 15.5. The van der Waals surface area contributed by atoms with Crippen molar-refractivity contribution < 1.29 is 0 Å². The van der Waals surface area contributed by atoms with Gasteiger partial charge in [0.2, 0.25) is 0 Å². The standard InChI is InChI=1S/C21H15N3/c1-15(18-6-2-16(13-22)3-7-18)20-10-11-24-21(12-20)19-8-4-17(14-23)5-9-19/h2-12,15H,1H3. The highest BCUT2D eigenvalue weighted by molar-refractivity contribution is 5.61. The molecule has 24 heavy (non-hydrogen) atoms. The van der Waals surface area contributed by atoms with Crippen LogP contribution in [0.15, 0.2) is 66.9 Å². The van der Waals surface area contributed by atoms with Gasteiger partial charge < -0.3 is 0 Å². The topological polar surface area (TPSA) is 60.5 Å². The third-order valence-electron chi connectivity index (χ3n) is 4.13. The van der Waals surface area contributed by atoms with E-state index in [0.29, 0.717) is 11.1 Å². The molecule has 0 saturated heterocycles. The van der Waals surface area contributed by atoms with Gasteiger partial charge in [-0.2, -0.15) is 10.5 Å². The van der Waals surface area contributed by atoms with E-state index in [-0.39, 0.29) is 5.92 Å². The van der Waals surface area contributed by atoms with Crippen LogP contribution in [0, 0.1) is 22.7 Å². The van der Waals surface area contributed by atoms with Crippen LogP contribution in [-0.2, 0) is 0 Å². The molecule has 0 aliphatic heterocycles. The average Bonchev–Trinajstić information content (AvgIpc) is 2.67. The number of aromatic nitrogens is 1. The molecule has 0 bridgehead atoms. The lowest BCUT2D eigenvalue weighted by molar-refractivity contribution is 0.918. The van der Waals surface area contributed by atoms with Gasteiger partial charge in [0.25, 0.3) is 0 Å². The molecule has 2 aromatic carbocycles. The number of benzene rings is 2. The van der Waals surface area contributed by atoms with Crippen LogP contribution in [0.3, 0.4) is 0 Å². The zero-order valence-electron chi connectivity index (χ0n) is 13.3. The highest BCUT2D eigenvalue weighted by atomic mass is 14.7. The van der Waals surface area contributed by atoms with Gasteiger partial charge in [0.1, 0.15) is 0 Å². The first-order valence-electron chi connectivity index (χ1n) is 7.68. The van der Waals surface area contributed by atoms with Crippen molar-refractivity contribution in [3.63, 3.8) is 0 Å². The van der Waals surface area contributed by atoms with E-state index >= 15 is 0 Å². The average molecular weight is 309 g/mol. The van der Waals surface area contributed by atoms with Gasteiger partial charge in [-0.15, -0.1) is 0 Å². The molecule has 0 spiro atoms. The van der Waals surface area contributed by atoms with E-state index in [9.17, 15) is 0 Å². The first-order chi connectivity index (χ1) is 11.7. The molecule has 0 saturated carbocycles. The number of rotatable bonds is 3. The van der Waals surface area contributed by atoms with Crippen LogP contribution >= 0.6 is 0 Å². The van der Waals surface area contributed by atoms with Crippen molar-refractivity contribution in [3.8, 4) is 23.4 Å². The van der Waals surface area contributed by atoms with E-state index < -0.39 is 0 Å². The second-order valence-corrected chi connectivity index (χ2v) is 5.62. The fraction of sp³-hybridized carbons (Fsp3) is 0.0952. The highest BCUT2D eigenvalue weighted by Crippen LogP contribution is 2.27. The molecule has 3 nitrogen and oxygen atoms in total. The lowest BCUT2D eigenvalue weighted by Gasteiger charge is -2.13. The Labute approximate surface area is 141 Å². The van der Waals surface area contributed by atoms with Crippen LogP contribution in [0.25, 0.3) is 11.3 Å². The predicted octanol–water partition coefficient (Wildman–Crippen LogP) is 4.64. The maximum absolute atomic E-state index is 8.91. The molecular weight excluding hydrogens is 294 g/mol. The zero-order chi connectivity index (χ0) is 16.9. The van der Waals surface area contributed by atoms with Crippen LogP contribution in [-0.4, -0.2) is 4.98 Å². The molecule has 0 aliphatic carbocycles. The Hall–Kier alpha value is -3.43. The summed E-state index contributed by atoms with van der Waals surface area (Å²) in [5.41, 5.74) is 5.50. The zero-order valence-corrected chi connectivity index (χ0v) is 13.3. The minimum atomic E-state index is 0.206. The SMILES string of the molecule is CC(c1ccc(C#N)cc1)c1ccnc(-c2ccc(C#N)cc2)c1. The van der Waals surface area contributed by atoms with Crippen molar-refractivity contribution in [1.82, 2.24) is 4.98 Å². The molecule has 3 aromatic rings. The minimum Gasteiger partial charge on any atom is -0.256 e. The van der Waals surface area contributed by atoms with Gasteiger partial charge in [0.05, 0.1) is 29.0 Å². The lowest BCUT2D eigenvalue weighted by atomic mass is 9.92. The Kier molecular flexibility index (Phi) is 4.36. The number of nitriles is 2. The van der Waals surface area contributed by atoms with Crippen molar-refractivity contribution in [2.75, 3.05) is 0 Å². The van der Waals surface area contributed by atoms with Crippen molar-refractivity contribution in [2.45, 2.75) is 12.8 Å². The van der Waals surface area contributed by atoms with Gasteiger partial charge in [-0.3, -0.25) is 4.98 Å². The van der Waals surface area contributed by atoms with E-state index in [1.54, 1.807) is 12.1 Å². The van der Waals surface area contributed by atoms with E-state index in [0.717, 1.165) is 22.4 Å². The molecule has 1 atom stereocenters. The molecule has 0 aliphatic rings. The fourth-order valence-electron chi connectivity index (χ4n) is 2.63. The quantitative estimate of drug-likeness (QED) is 0.708. The van der Waals surface area contributed by atoms with Gasteiger partial charge in [0, 0.05) is 17.7 Å². The Balaban J connectivity index is 1.91. The van der Waals surface area contributed by atoms with Crippen LogP contribution in [0.2, 0.25) is 0 Å². The van der Waals surface area contributed by atoms with Gasteiger partial charge in [-0.05, 0) is 47.5 Å². The van der Waals surface area contributed by atoms with Crippen molar-refractivity contribution in [2.24, 2.45) is 0 Å². The molecule has 114 valence electrons. The number of hydrogen-bond acceptors (Lipinski definition) is 3.